The number of nitrogens with zero attached hydrogens (tertiary/aromatic N) is 3. The van der Waals surface area contributed by atoms with E-state index in [1.54, 1.807) is 26.2 Å². The summed E-state index contributed by atoms with van der Waals surface area (Å²) in [6, 6.07) is 5.70. The van der Waals surface area contributed by atoms with Crippen LogP contribution in [0.15, 0.2) is 47.4 Å². The number of hydrogen-bond acceptors (Lipinski definition) is 8. The lowest BCUT2D eigenvalue weighted by Gasteiger charge is -2.29. The van der Waals surface area contributed by atoms with Crippen LogP contribution in [0.5, 0.6) is 0 Å². The zero-order valence-electron chi connectivity index (χ0n) is 17.5. The van der Waals surface area contributed by atoms with Crippen molar-refractivity contribution in [2.45, 2.75) is 6.92 Å². The summed E-state index contributed by atoms with van der Waals surface area (Å²) in [5.74, 6) is -0.575. The quantitative estimate of drug-likeness (QED) is 0.506. The van der Waals surface area contributed by atoms with E-state index in [1.165, 1.54) is 0 Å². The number of piperazine rings is 1. The molecule has 4 rings (SSSR count). The molecule has 0 unspecified atom stereocenters. The minimum Gasteiger partial charge on any atom is -0.507 e. The number of primary amides is 1. The van der Waals surface area contributed by atoms with Crippen molar-refractivity contribution < 1.29 is 9.90 Å². The van der Waals surface area contributed by atoms with Gasteiger partial charge in [0, 0.05) is 61.6 Å². The highest BCUT2D eigenvalue weighted by molar-refractivity contribution is 6.17. The van der Waals surface area contributed by atoms with Crippen LogP contribution in [-0.2, 0) is 0 Å². The van der Waals surface area contributed by atoms with Gasteiger partial charge in [-0.1, -0.05) is 0 Å². The number of amides is 1. The first-order chi connectivity index (χ1) is 14.9. The maximum absolute atomic E-state index is 12.3. The molecule has 1 aliphatic carbocycles. The number of anilines is 1. The van der Waals surface area contributed by atoms with Gasteiger partial charge in [-0.25, -0.2) is 9.97 Å². The smallest absolute Gasteiger partial charge is 0.268 e. The zero-order chi connectivity index (χ0) is 22.1. The number of aliphatic hydroxyl groups excluding tert-OH is 1. The summed E-state index contributed by atoms with van der Waals surface area (Å²) in [5, 5.41) is 25.7. The number of benzene rings is 1. The predicted octanol–water partition coefficient (Wildman–Crippen LogP) is 1.49. The van der Waals surface area contributed by atoms with E-state index in [4.69, 9.17) is 11.1 Å². The van der Waals surface area contributed by atoms with Crippen molar-refractivity contribution >= 4 is 33.8 Å². The van der Waals surface area contributed by atoms with Crippen molar-refractivity contribution in [1.29, 1.82) is 5.41 Å². The molecule has 9 nitrogen and oxygen atoms in total. The topological polar surface area (TPSA) is 140 Å². The lowest BCUT2D eigenvalue weighted by molar-refractivity contribution is 0.0997. The lowest BCUT2D eigenvalue weighted by atomic mass is 9.92. The van der Waals surface area contributed by atoms with Gasteiger partial charge in [-0.3, -0.25) is 10.2 Å². The summed E-state index contributed by atoms with van der Waals surface area (Å²) < 4.78 is 0. The van der Waals surface area contributed by atoms with Gasteiger partial charge in [-0.15, -0.1) is 0 Å². The molecule has 1 aromatic heterocycles. The number of carbonyl (C=O) groups is 1. The molecule has 0 saturated carbocycles. The van der Waals surface area contributed by atoms with E-state index in [0.717, 1.165) is 31.9 Å². The Hall–Kier alpha value is -3.72. The molecule has 2 heterocycles. The number of rotatable bonds is 4. The van der Waals surface area contributed by atoms with Crippen LogP contribution >= 0.6 is 0 Å². The average molecular weight is 419 g/mol. The van der Waals surface area contributed by atoms with Crippen LogP contribution in [0.3, 0.4) is 0 Å². The fourth-order valence-corrected chi connectivity index (χ4v) is 3.82. The normalized spacial score (nSPS) is 18.5. The molecule has 0 spiro atoms. The summed E-state index contributed by atoms with van der Waals surface area (Å²) >= 11 is 0. The Balaban J connectivity index is 1.86. The van der Waals surface area contributed by atoms with Crippen LogP contribution < -0.4 is 21.3 Å². The molecule has 1 aromatic carbocycles. The van der Waals surface area contributed by atoms with Gasteiger partial charge in [0.1, 0.15) is 11.5 Å². The van der Waals surface area contributed by atoms with Crippen LogP contribution in [0.1, 0.15) is 23.2 Å². The minimum absolute atomic E-state index is 0.0922. The predicted molar refractivity (Wildman–Crippen MR) is 121 cm³/mol. The maximum Gasteiger partial charge on any atom is 0.268 e. The summed E-state index contributed by atoms with van der Waals surface area (Å²) in [6.45, 7) is 5.19. The van der Waals surface area contributed by atoms with Crippen LogP contribution in [0.25, 0.3) is 16.5 Å². The molecule has 2 aliphatic rings. The zero-order valence-corrected chi connectivity index (χ0v) is 17.5. The Morgan fingerprint density at radius 3 is 2.74 bits per heavy atom. The minimum atomic E-state index is -0.665. The molecular formula is C22H25N7O2. The fourth-order valence-electron chi connectivity index (χ4n) is 3.82. The maximum atomic E-state index is 12.3. The molecule has 160 valence electrons. The molecule has 9 heteroatoms. The molecule has 0 bridgehead atoms. The molecule has 6 N–H and O–H groups in total. The summed E-state index contributed by atoms with van der Waals surface area (Å²) in [5.41, 5.74) is 8.82. The van der Waals surface area contributed by atoms with Crippen LogP contribution in [-0.4, -0.2) is 59.9 Å². The van der Waals surface area contributed by atoms with E-state index < -0.39 is 5.91 Å². The molecule has 2 aromatic rings. The third-order valence-corrected chi connectivity index (χ3v) is 5.51. The van der Waals surface area contributed by atoms with Crippen LogP contribution in [0.2, 0.25) is 0 Å². The third kappa shape index (κ3) is 3.75. The highest BCUT2D eigenvalue weighted by Gasteiger charge is 2.25. The van der Waals surface area contributed by atoms with Gasteiger partial charge < -0.3 is 26.4 Å². The summed E-state index contributed by atoms with van der Waals surface area (Å²) in [4.78, 5) is 23.5. The Morgan fingerprint density at radius 2 is 2.06 bits per heavy atom. The molecule has 1 saturated heterocycles. The number of nitrogens with two attached hydrogens (primary N) is 1. The van der Waals surface area contributed by atoms with E-state index >= 15 is 0 Å². The van der Waals surface area contributed by atoms with E-state index in [1.807, 2.05) is 18.2 Å². The van der Waals surface area contributed by atoms with Gasteiger partial charge in [0.2, 0.25) is 0 Å². The van der Waals surface area contributed by atoms with Crippen molar-refractivity contribution in [3.8, 4) is 0 Å². The number of aliphatic hydroxyl groups is 1. The van der Waals surface area contributed by atoms with Gasteiger partial charge >= 0.3 is 0 Å². The number of allylic oxidation sites excluding steroid dienone is 4. The Morgan fingerprint density at radius 1 is 1.32 bits per heavy atom. The molecule has 1 amide bonds. The Labute approximate surface area is 179 Å². The number of hydrogen-bond donors (Lipinski definition) is 5. The van der Waals surface area contributed by atoms with Crippen molar-refractivity contribution in [2.75, 3.05) is 38.1 Å². The van der Waals surface area contributed by atoms with Crippen molar-refractivity contribution in [2.24, 2.45) is 5.73 Å². The Kier molecular flexibility index (Phi) is 5.43. The second kappa shape index (κ2) is 8.19. The lowest BCUT2D eigenvalue weighted by Crippen LogP contribution is -2.43. The monoisotopic (exact) mass is 419 g/mol. The summed E-state index contributed by atoms with van der Waals surface area (Å²) in [6.07, 6.45) is 3.29. The number of fused-ring (bicyclic) bond motifs is 1. The van der Waals surface area contributed by atoms with Gasteiger partial charge in [-0.2, -0.15) is 0 Å². The van der Waals surface area contributed by atoms with Crippen LogP contribution in [0.4, 0.5) is 5.69 Å². The third-order valence-electron chi connectivity index (χ3n) is 5.51. The number of nitrogens with one attached hydrogen (secondary N) is 3. The second-order valence-electron chi connectivity index (χ2n) is 7.49. The number of carbonyl (C=O) groups excluding carboxylic acids is 1. The SMILES string of the molecule is CN/C=C1/C=C(c2nc(C(N)=O)c3cc(N4CCNCC4)ccc3n2)C(O)=C(C)C1=N. The highest BCUT2D eigenvalue weighted by Crippen LogP contribution is 2.32. The molecule has 1 fully saturated rings. The summed E-state index contributed by atoms with van der Waals surface area (Å²) in [7, 11) is 1.73. The van der Waals surface area contributed by atoms with E-state index in [9.17, 15) is 9.90 Å². The van der Waals surface area contributed by atoms with Crippen LogP contribution in [0, 0.1) is 5.41 Å². The van der Waals surface area contributed by atoms with Gasteiger partial charge in [-0.05, 0) is 31.2 Å². The van der Waals surface area contributed by atoms with Crippen molar-refractivity contribution in [3.05, 3.63) is 58.9 Å². The van der Waals surface area contributed by atoms with Gasteiger partial charge in [0.25, 0.3) is 5.91 Å². The first-order valence-electron chi connectivity index (χ1n) is 10.1. The molecule has 0 atom stereocenters. The van der Waals surface area contributed by atoms with E-state index in [2.05, 4.69) is 25.5 Å². The second-order valence-corrected chi connectivity index (χ2v) is 7.49. The Bertz CT molecular complexity index is 1170. The van der Waals surface area contributed by atoms with Crippen molar-refractivity contribution in [1.82, 2.24) is 20.6 Å². The fraction of sp³-hybridized carbons (Fsp3) is 0.273. The van der Waals surface area contributed by atoms with E-state index in [-0.39, 0.29) is 23.0 Å². The molecule has 0 radical (unpaired) electrons. The largest absolute Gasteiger partial charge is 0.507 e. The van der Waals surface area contributed by atoms with Gasteiger partial charge in [0.05, 0.1) is 16.8 Å². The van der Waals surface area contributed by atoms with Gasteiger partial charge in [0.15, 0.2) is 5.82 Å². The average Bonchev–Trinajstić information content (AvgIpc) is 2.79. The first kappa shape index (κ1) is 20.5. The molecular weight excluding hydrogens is 394 g/mol. The molecule has 31 heavy (non-hydrogen) atoms. The molecule has 1 aliphatic heterocycles. The van der Waals surface area contributed by atoms with E-state index in [0.29, 0.717) is 27.6 Å². The number of aromatic nitrogens is 2. The first-order valence-corrected chi connectivity index (χ1v) is 10.1. The highest BCUT2D eigenvalue weighted by atomic mass is 16.3. The standard InChI is InChI=1S/C22H25N7O2/c1-12-18(23)13(11-25-2)9-16(20(12)30)22-27-17-4-3-14(29-7-5-26-6-8-29)10-15(17)19(28-22)21(24)31/h3-4,9-11,23,25-26,30H,5-8H2,1-2H3,(H2,24,31)/b13-11-,23-18?. The van der Waals surface area contributed by atoms with Crippen molar-refractivity contribution in [3.63, 3.8) is 0 Å².